The van der Waals surface area contributed by atoms with E-state index >= 15 is 0 Å². The zero-order chi connectivity index (χ0) is 19.9. The molecule has 1 aliphatic rings. The summed E-state index contributed by atoms with van der Waals surface area (Å²) < 4.78 is 10.7. The molecule has 1 rings (SSSR count). The van der Waals surface area contributed by atoms with Crippen LogP contribution in [0.5, 0.6) is 0 Å². The van der Waals surface area contributed by atoms with E-state index in [4.69, 9.17) is 9.47 Å². The molecule has 0 aromatic heterocycles. The lowest BCUT2D eigenvalue weighted by Gasteiger charge is -2.36. The molecule has 3 atom stereocenters. The van der Waals surface area contributed by atoms with Gasteiger partial charge < -0.3 is 14.8 Å². The molecule has 1 unspecified atom stereocenters. The number of rotatable bonds is 17. The van der Waals surface area contributed by atoms with Gasteiger partial charge >= 0.3 is 11.9 Å². The van der Waals surface area contributed by atoms with Crippen molar-refractivity contribution in [3.8, 4) is 0 Å². The molecular weight excluding hydrogens is 346 g/mol. The summed E-state index contributed by atoms with van der Waals surface area (Å²) in [5, 5.41) is 2.33. The van der Waals surface area contributed by atoms with E-state index in [1.54, 1.807) is 0 Å². The Morgan fingerprint density at radius 2 is 1.74 bits per heavy atom. The highest BCUT2D eigenvalue weighted by Crippen LogP contribution is 2.30. The molecule has 0 spiro atoms. The second-order valence-electron chi connectivity index (χ2n) is 7.45. The van der Waals surface area contributed by atoms with Gasteiger partial charge in [0.2, 0.25) is 6.41 Å². The summed E-state index contributed by atoms with van der Waals surface area (Å²) in [5.74, 6) is -0.678. The van der Waals surface area contributed by atoms with Gasteiger partial charge in [0, 0.05) is 6.42 Å². The molecule has 0 aliphatic carbocycles. The molecule has 6 nitrogen and oxygen atoms in total. The molecule has 0 saturated carbocycles. The number of carbonyl (C=O) groups excluding carboxylic acids is 3. The normalized spacial score (nSPS) is 19.7. The first kappa shape index (κ1) is 23.4. The van der Waals surface area contributed by atoms with Crippen molar-refractivity contribution in [1.29, 1.82) is 0 Å². The standard InChI is InChI=1S/C21H37NO5/c1-3-5-6-7-8-9-10-11-12-13-17(26-20(24)15-22-16-23)14-19-18(4-2)21(25)27-19/h16-19H,3-15H2,1-2H3,(H,22,23)/t17?,18-,19-/m0/s1. The van der Waals surface area contributed by atoms with E-state index < -0.39 is 5.97 Å². The minimum Gasteiger partial charge on any atom is -0.461 e. The first-order chi connectivity index (χ1) is 13.1. The van der Waals surface area contributed by atoms with E-state index in [2.05, 4.69) is 12.2 Å². The quantitative estimate of drug-likeness (QED) is 0.234. The van der Waals surface area contributed by atoms with Crippen molar-refractivity contribution in [1.82, 2.24) is 5.32 Å². The predicted octanol–water partition coefficient (Wildman–Crippen LogP) is 3.91. The Balaban J connectivity index is 2.28. The van der Waals surface area contributed by atoms with Gasteiger partial charge in [-0.1, -0.05) is 65.2 Å². The maximum absolute atomic E-state index is 11.8. The number of esters is 2. The molecule has 156 valence electrons. The van der Waals surface area contributed by atoms with Crippen LogP contribution in [0.15, 0.2) is 0 Å². The molecule has 1 amide bonds. The van der Waals surface area contributed by atoms with Gasteiger partial charge in [0.25, 0.3) is 0 Å². The number of amides is 1. The van der Waals surface area contributed by atoms with Crippen LogP contribution >= 0.6 is 0 Å². The van der Waals surface area contributed by atoms with Crippen molar-refractivity contribution in [3.05, 3.63) is 0 Å². The lowest BCUT2D eigenvalue weighted by Crippen LogP contribution is -2.47. The predicted molar refractivity (Wildman–Crippen MR) is 104 cm³/mol. The zero-order valence-electron chi connectivity index (χ0n) is 17.0. The van der Waals surface area contributed by atoms with Gasteiger partial charge in [-0.25, -0.2) is 0 Å². The first-order valence-corrected chi connectivity index (χ1v) is 10.7. The van der Waals surface area contributed by atoms with Gasteiger partial charge in [-0.05, 0) is 19.3 Å². The molecule has 0 bridgehead atoms. The molecule has 6 heteroatoms. The van der Waals surface area contributed by atoms with Crippen LogP contribution in [0.25, 0.3) is 0 Å². The zero-order valence-corrected chi connectivity index (χ0v) is 17.0. The van der Waals surface area contributed by atoms with Crippen LogP contribution < -0.4 is 5.32 Å². The average molecular weight is 384 g/mol. The van der Waals surface area contributed by atoms with Crippen molar-refractivity contribution in [3.63, 3.8) is 0 Å². The van der Waals surface area contributed by atoms with Crippen LogP contribution in [0.4, 0.5) is 0 Å². The van der Waals surface area contributed by atoms with E-state index in [0.29, 0.717) is 12.8 Å². The smallest absolute Gasteiger partial charge is 0.325 e. The summed E-state index contributed by atoms with van der Waals surface area (Å²) in [6.07, 6.45) is 13.3. The third-order valence-electron chi connectivity index (χ3n) is 5.21. The van der Waals surface area contributed by atoms with Crippen LogP contribution in [0.3, 0.4) is 0 Å². The van der Waals surface area contributed by atoms with E-state index in [-0.39, 0.29) is 30.6 Å². The second-order valence-corrected chi connectivity index (χ2v) is 7.45. The number of unbranched alkanes of at least 4 members (excludes halogenated alkanes) is 8. The van der Waals surface area contributed by atoms with Crippen molar-refractivity contribution in [2.75, 3.05) is 6.54 Å². The SMILES string of the molecule is CCCCCCCCCCCC(C[C@@H]1OC(=O)[C@H]1CC)OC(=O)CNC=O. The van der Waals surface area contributed by atoms with Crippen LogP contribution in [-0.4, -0.2) is 37.1 Å². The number of hydrogen-bond donors (Lipinski definition) is 1. The van der Waals surface area contributed by atoms with E-state index in [1.807, 2.05) is 6.92 Å². The molecular formula is C21H37NO5. The highest BCUT2D eigenvalue weighted by molar-refractivity contribution is 5.78. The van der Waals surface area contributed by atoms with Gasteiger partial charge in [0.05, 0.1) is 5.92 Å². The highest BCUT2D eigenvalue weighted by atomic mass is 16.6. The molecule has 1 N–H and O–H groups in total. The molecule has 0 radical (unpaired) electrons. The highest BCUT2D eigenvalue weighted by Gasteiger charge is 2.42. The fourth-order valence-corrected chi connectivity index (χ4v) is 3.56. The summed E-state index contributed by atoms with van der Waals surface area (Å²) in [6.45, 7) is 4.07. The van der Waals surface area contributed by atoms with E-state index in [0.717, 1.165) is 25.7 Å². The number of ether oxygens (including phenoxy) is 2. The van der Waals surface area contributed by atoms with Crippen LogP contribution in [0, 0.1) is 5.92 Å². The number of carbonyl (C=O) groups is 3. The summed E-state index contributed by atoms with van der Waals surface area (Å²) >= 11 is 0. The maximum Gasteiger partial charge on any atom is 0.325 e. The summed E-state index contributed by atoms with van der Waals surface area (Å²) in [6, 6.07) is 0. The van der Waals surface area contributed by atoms with Gasteiger partial charge in [0.1, 0.15) is 18.8 Å². The Kier molecular flexibility index (Phi) is 12.6. The molecule has 1 fully saturated rings. The van der Waals surface area contributed by atoms with Gasteiger partial charge in [-0.2, -0.15) is 0 Å². The third-order valence-corrected chi connectivity index (χ3v) is 5.21. The van der Waals surface area contributed by atoms with Crippen LogP contribution in [-0.2, 0) is 23.9 Å². The Morgan fingerprint density at radius 1 is 1.11 bits per heavy atom. The number of cyclic esters (lactones) is 1. The summed E-state index contributed by atoms with van der Waals surface area (Å²) in [4.78, 5) is 33.6. The van der Waals surface area contributed by atoms with Crippen molar-refractivity contribution >= 4 is 18.3 Å². The van der Waals surface area contributed by atoms with E-state index in [9.17, 15) is 14.4 Å². The fraction of sp³-hybridized carbons (Fsp3) is 0.857. The molecule has 27 heavy (non-hydrogen) atoms. The monoisotopic (exact) mass is 383 g/mol. The first-order valence-electron chi connectivity index (χ1n) is 10.7. The molecule has 0 aromatic carbocycles. The van der Waals surface area contributed by atoms with Gasteiger partial charge in [-0.15, -0.1) is 0 Å². The van der Waals surface area contributed by atoms with E-state index in [1.165, 1.54) is 44.9 Å². The number of hydrogen-bond acceptors (Lipinski definition) is 5. The van der Waals surface area contributed by atoms with Crippen LogP contribution in [0.1, 0.15) is 90.9 Å². The Bertz CT molecular complexity index is 440. The average Bonchev–Trinajstić information content (AvgIpc) is 2.64. The van der Waals surface area contributed by atoms with Crippen molar-refractivity contribution in [2.24, 2.45) is 5.92 Å². The lowest BCUT2D eigenvalue weighted by molar-refractivity contribution is -0.189. The fourth-order valence-electron chi connectivity index (χ4n) is 3.56. The summed E-state index contributed by atoms with van der Waals surface area (Å²) in [7, 11) is 0. The van der Waals surface area contributed by atoms with Crippen molar-refractivity contribution < 1.29 is 23.9 Å². The maximum atomic E-state index is 11.8. The second kappa shape index (κ2) is 14.5. The van der Waals surface area contributed by atoms with Crippen LogP contribution in [0.2, 0.25) is 0 Å². The lowest BCUT2D eigenvalue weighted by atomic mass is 9.89. The molecule has 1 heterocycles. The molecule has 1 aliphatic heterocycles. The van der Waals surface area contributed by atoms with Gasteiger partial charge in [-0.3, -0.25) is 14.4 Å². The Labute approximate surface area is 163 Å². The van der Waals surface area contributed by atoms with Gasteiger partial charge in [0.15, 0.2) is 0 Å². The minimum absolute atomic E-state index is 0.0811. The number of nitrogens with one attached hydrogen (secondary N) is 1. The largest absolute Gasteiger partial charge is 0.461 e. The third kappa shape index (κ3) is 9.78. The topological polar surface area (TPSA) is 81.7 Å². The summed E-state index contributed by atoms with van der Waals surface area (Å²) in [5.41, 5.74) is 0. The minimum atomic E-state index is -0.443. The molecule has 0 aromatic rings. The van der Waals surface area contributed by atoms with Crippen molar-refractivity contribution in [2.45, 2.75) is 103 Å². The molecule has 1 saturated heterocycles. The Morgan fingerprint density at radius 3 is 2.30 bits per heavy atom. The Hall–Kier alpha value is -1.59.